The average molecular weight is 1550 g/mol. The van der Waals surface area contributed by atoms with Gasteiger partial charge in [0.2, 0.25) is 23.6 Å². The fraction of sp³-hybridized carbons (Fsp3) is 0.638. The number of Topliss-reactive ketones (excluding diaryl/α,β-unsaturated/α-hetero) is 3. The number of halogens is 1. The summed E-state index contributed by atoms with van der Waals surface area (Å²) < 4.78 is 4.43. The molecule has 9 aliphatic heterocycles. The van der Waals surface area contributed by atoms with Gasteiger partial charge in [-0.3, -0.25) is 44.4 Å². The van der Waals surface area contributed by atoms with E-state index in [1.165, 1.54) is 51.7 Å². The van der Waals surface area contributed by atoms with Crippen molar-refractivity contribution in [3.05, 3.63) is 0 Å². The van der Waals surface area contributed by atoms with Gasteiger partial charge in [-0.1, -0.05) is 54.4 Å². The van der Waals surface area contributed by atoms with Gasteiger partial charge < -0.3 is 71.2 Å². The minimum atomic E-state index is -0.00963. The van der Waals surface area contributed by atoms with Gasteiger partial charge in [0.25, 0.3) is 0 Å². The molecule has 9 heterocycles. The van der Waals surface area contributed by atoms with Crippen molar-refractivity contribution in [2.45, 2.75) is 174 Å². The van der Waals surface area contributed by atoms with Crippen LogP contribution >= 0.6 is 31.2 Å². The van der Waals surface area contributed by atoms with E-state index in [0.29, 0.717) is 74.3 Å². The van der Waals surface area contributed by atoms with E-state index in [9.17, 15) is 38.4 Å². The first-order chi connectivity index (χ1) is 42.3. The normalized spacial score (nSPS) is 18.5. The van der Waals surface area contributed by atoms with Gasteiger partial charge in [0.05, 0.1) is 26.2 Å². The minimum Gasteiger partial charge on any atom is -0.542 e. The fourth-order valence-corrected chi connectivity index (χ4v) is 8.84. The van der Waals surface area contributed by atoms with E-state index in [-0.39, 0.29) is 143 Å². The predicted molar refractivity (Wildman–Crippen MR) is 396 cm³/mol. The summed E-state index contributed by atoms with van der Waals surface area (Å²) in [5.74, 6) is 24.5. The van der Waals surface area contributed by atoms with E-state index in [1.54, 1.807) is 39.5 Å². The molecule has 96 heavy (non-hydrogen) atoms. The molecule has 0 aromatic carbocycles. The molecule has 0 saturated carbocycles. The predicted octanol–water partition coefficient (Wildman–Crippen LogP) is 2.66. The van der Waals surface area contributed by atoms with Crippen molar-refractivity contribution in [2.24, 2.45) is 5.73 Å². The number of likely N-dealkylation sites (tertiary alicyclic amines) is 5. The number of ketones is 3. The summed E-state index contributed by atoms with van der Waals surface area (Å²) in [5.41, 5.74) is 5.57. The number of nitrogens with one attached hydrogen (secondary N) is 5. The molecule has 9 rings (SSSR count). The van der Waals surface area contributed by atoms with Gasteiger partial charge in [0.1, 0.15) is 5.78 Å². The van der Waals surface area contributed by atoms with Crippen LogP contribution in [-0.4, -0.2) is 248 Å². The van der Waals surface area contributed by atoms with Gasteiger partial charge in [-0.15, -0.1) is 68.7 Å². The van der Waals surface area contributed by atoms with Crippen LogP contribution in [0.2, 0.25) is 0 Å². The SMILES string of the molecule is C.C.C.C.C#C.C#CC.C#CC#CC.C#CC#CC#C.CC#CC.CC(=O)N1CC(=O)C1.CC(=O)N1CC(NC2CCN(P)C2)C1.CC(=O)N1CC(NC2CCN([C-]=O)C2)C1.CC(=O)N1CC(NC2CCNC2)C1.CC(C)=O.C[C-]=O.Cl.NC1CCN(P)C1.O=C1CNC1.[Y].[Y]. The third kappa shape index (κ3) is 65.5. The summed E-state index contributed by atoms with van der Waals surface area (Å²) in [5, 5.41) is 16.7. The Kier molecular flexibility index (Phi) is 92.0. The Morgan fingerprint density at radius 2 is 0.854 bits per heavy atom. The standard InChI is InChI=1S/C10H16N3O2.C9H18N3OP.C9H17N3O.C6H2.C5H7NO2.C5H4.C4H11N2P.C4H6.C3H5NO.C3H6O.C3H4.C2H3O.C2H2.4CH4.ClH.2Y/c1-8(15)13-5-10(6-13)11-9-2-3-12(4-9)7-14;1-7(13)11-4-9(5-11)10-8-2-3-12(14)6-8;1-7(13)12-5-9(6-12)11-8-2-3-10-4-8;1-3-5-6-4-2;1-4(7)6-2-5(8)3-6;1-3-5-4-2;5-4-1-2-6(7)3-4;1-3-4-2;5-3-1-4-2-3;1-3(2)4;1-3-2;1-2-3;1-2;;;;;;;/h9-11H,2-6H2,1H3;8-10H,2-6,14H2,1H3;8-11H,2-6H2,1H3;1-2H;2-3H2,1H3;1H,2H3;4H,1-3,5,7H2;1-2H3;4H,1-2H2;1-2H3;1H,2H3;1H3;1-2H;4*1H4;1H;;/q-1;;;;;;;;;;;-1;;;;;;;;. The molecule has 6 atom stereocenters. The first kappa shape index (κ1) is 116. The summed E-state index contributed by atoms with van der Waals surface area (Å²) in [6.45, 7) is 32.9. The summed E-state index contributed by atoms with van der Waals surface area (Å²) >= 11 is 0. The minimum absolute atomic E-state index is 0. The number of terminal acetylenes is 5. The van der Waals surface area contributed by atoms with Crippen LogP contribution in [0.4, 0.5) is 0 Å². The smallest absolute Gasteiger partial charge is 0.220 e. The molecule has 5 amide bonds. The van der Waals surface area contributed by atoms with Crippen molar-refractivity contribution in [3.63, 3.8) is 0 Å². The first-order valence-electron chi connectivity index (χ1n) is 29.0. The molecule has 0 spiro atoms. The van der Waals surface area contributed by atoms with Crippen molar-refractivity contribution in [1.29, 1.82) is 0 Å². The Hall–Kier alpha value is -4.45. The van der Waals surface area contributed by atoms with Crippen LogP contribution in [0.3, 0.4) is 0 Å². The number of carbonyl (C=O) groups excluding carboxylic acids is 9. The Bertz CT molecular complexity index is 2480. The number of hydrogen-bond donors (Lipinski definition) is 6. The Labute approximate surface area is 643 Å². The van der Waals surface area contributed by atoms with E-state index >= 15 is 0 Å². The number of nitrogens with two attached hydrogens (primary N) is 1. The van der Waals surface area contributed by atoms with Crippen LogP contribution in [0.25, 0.3) is 0 Å². The van der Waals surface area contributed by atoms with Crippen molar-refractivity contribution in [2.75, 3.05) is 118 Å². The summed E-state index contributed by atoms with van der Waals surface area (Å²) in [4.78, 5) is 100. The summed E-state index contributed by atoms with van der Waals surface area (Å²) in [6.07, 6.45) is 34.7. The Balaban J connectivity index is -0.0000000937. The molecule has 9 aliphatic rings. The molecule has 6 unspecified atom stereocenters. The number of hydrogen-bond acceptors (Lipinski definition) is 17. The maximum Gasteiger partial charge on any atom is 0.220 e. The van der Waals surface area contributed by atoms with Crippen molar-refractivity contribution in [3.8, 4) is 97.7 Å². The molecule has 0 bridgehead atoms. The first-order valence-corrected chi connectivity index (χ1v) is 30.0. The molecule has 0 aromatic rings. The largest absolute Gasteiger partial charge is 0.542 e. The molecule has 0 aromatic heterocycles. The Morgan fingerprint density at radius 3 is 1.04 bits per heavy atom. The van der Waals surface area contributed by atoms with Gasteiger partial charge in [0, 0.05) is 214 Å². The van der Waals surface area contributed by atoms with Crippen LogP contribution < -0.4 is 32.3 Å². The average Bonchev–Trinajstić information content (AvgIpc) is 1.43. The molecule has 538 valence electrons. The van der Waals surface area contributed by atoms with Crippen molar-refractivity contribution >= 4 is 84.9 Å². The quantitative estimate of drug-likeness (QED) is 0.122. The number of nitrogens with zero attached hydrogens (tertiary/aromatic N) is 7. The monoisotopic (exact) mass is 1550 g/mol. The van der Waals surface area contributed by atoms with Crippen molar-refractivity contribution < 1.29 is 109 Å². The van der Waals surface area contributed by atoms with Gasteiger partial charge in [0.15, 0.2) is 11.6 Å². The van der Waals surface area contributed by atoms with Gasteiger partial charge in [-0.25, -0.2) is 0 Å². The van der Waals surface area contributed by atoms with Crippen molar-refractivity contribution in [1.82, 2.24) is 60.4 Å². The van der Waals surface area contributed by atoms with E-state index in [0.717, 1.165) is 104 Å². The molecule has 27 heteroatoms. The molecular weight excluding hydrogens is 1430 g/mol. The molecular formula is C69H118ClN13O9P2Y2-2. The van der Waals surface area contributed by atoms with Crippen LogP contribution in [-0.2, 0) is 109 Å². The fourth-order valence-electron chi connectivity index (χ4n) is 8.01. The second-order valence-electron chi connectivity index (χ2n) is 20.6. The zero-order chi connectivity index (χ0) is 68.7. The molecule has 9 saturated heterocycles. The van der Waals surface area contributed by atoms with Crippen LogP contribution in [0, 0.1) is 97.7 Å². The van der Waals surface area contributed by atoms with E-state index in [2.05, 4.69) is 133 Å². The number of amides is 5. The van der Waals surface area contributed by atoms with Crippen LogP contribution in [0.5, 0.6) is 0 Å². The van der Waals surface area contributed by atoms with E-state index < -0.39 is 0 Å². The summed E-state index contributed by atoms with van der Waals surface area (Å²) in [7, 11) is 5.39. The Morgan fingerprint density at radius 1 is 0.521 bits per heavy atom. The van der Waals surface area contributed by atoms with Gasteiger partial charge >= 0.3 is 0 Å². The molecule has 9 fully saturated rings. The molecule has 0 aliphatic carbocycles. The maximum atomic E-state index is 10.9. The third-order valence-electron chi connectivity index (χ3n) is 12.7. The maximum absolute atomic E-state index is 10.9. The zero-order valence-electron chi connectivity index (χ0n) is 56.2. The van der Waals surface area contributed by atoms with E-state index in [1.807, 2.05) is 35.0 Å². The topological polar surface area (TPSA) is 262 Å². The van der Waals surface area contributed by atoms with Gasteiger partial charge in [-0.2, -0.15) is 13.3 Å². The summed E-state index contributed by atoms with van der Waals surface area (Å²) in [6, 6.07) is 3.52. The molecule has 2 radical (unpaired) electrons. The number of rotatable bonds is 7. The molecule has 7 N–H and O–H groups in total. The third-order valence-corrected chi connectivity index (χ3v) is 13.7. The zero-order valence-corrected chi connectivity index (χ0v) is 65.0. The second kappa shape index (κ2) is 76.3. The number of carbonyl (C=O) groups is 7. The molecule has 22 nitrogen and oxygen atoms in total. The second-order valence-corrected chi connectivity index (χ2v) is 22.1. The van der Waals surface area contributed by atoms with Crippen LogP contribution in [0.1, 0.15) is 132 Å². The van der Waals surface area contributed by atoms with E-state index in [4.69, 9.17) is 29.8 Å². The van der Waals surface area contributed by atoms with Gasteiger partial charge in [-0.05, 0) is 116 Å². The van der Waals surface area contributed by atoms with Crippen LogP contribution in [0.15, 0.2) is 0 Å².